The van der Waals surface area contributed by atoms with Crippen molar-refractivity contribution in [3.05, 3.63) is 29.3 Å². The Morgan fingerprint density at radius 1 is 1.42 bits per heavy atom. The lowest BCUT2D eigenvalue weighted by Crippen LogP contribution is -2.33. The monoisotopic (exact) mass is 262 g/mol. The van der Waals surface area contributed by atoms with Crippen LogP contribution in [0.1, 0.15) is 37.8 Å². The van der Waals surface area contributed by atoms with Crippen molar-refractivity contribution in [1.82, 2.24) is 4.90 Å². The third-order valence-corrected chi connectivity index (χ3v) is 3.80. The first-order chi connectivity index (χ1) is 9.22. The summed E-state index contributed by atoms with van der Waals surface area (Å²) in [6.07, 6.45) is 2.69. The average molecular weight is 262 g/mol. The highest BCUT2D eigenvalue weighted by Crippen LogP contribution is 2.23. The fraction of sp³-hybridized carbons (Fsp3) is 0.625. The van der Waals surface area contributed by atoms with Gasteiger partial charge in [-0.1, -0.05) is 19.1 Å². The van der Waals surface area contributed by atoms with Crippen molar-refractivity contribution in [1.29, 1.82) is 0 Å². The Morgan fingerprint density at radius 3 is 2.95 bits per heavy atom. The molecule has 0 aromatic heterocycles. The minimum atomic E-state index is 0.538. The van der Waals surface area contributed by atoms with E-state index in [9.17, 15) is 0 Å². The summed E-state index contributed by atoms with van der Waals surface area (Å²) in [4.78, 5) is 2.54. The van der Waals surface area contributed by atoms with Gasteiger partial charge in [0.2, 0.25) is 0 Å². The number of hydrogen-bond acceptors (Lipinski definition) is 3. The zero-order valence-corrected chi connectivity index (χ0v) is 12.2. The van der Waals surface area contributed by atoms with Gasteiger partial charge >= 0.3 is 0 Å². The Bertz CT molecular complexity index is 406. The molecule has 1 saturated heterocycles. The lowest BCUT2D eigenvalue weighted by Gasteiger charge is -2.31. The molecule has 3 nitrogen and oxygen atoms in total. The van der Waals surface area contributed by atoms with Crippen LogP contribution in [0.2, 0.25) is 0 Å². The minimum Gasteiger partial charge on any atom is -0.494 e. The summed E-state index contributed by atoms with van der Waals surface area (Å²) in [5, 5.41) is 0. The molecule has 2 N–H and O–H groups in total. The largest absolute Gasteiger partial charge is 0.494 e. The number of piperidine rings is 1. The number of ether oxygens (including phenoxy) is 1. The smallest absolute Gasteiger partial charge is 0.124 e. The maximum absolute atomic E-state index is 5.74. The molecule has 0 amide bonds. The first-order valence-corrected chi connectivity index (χ1v) is 7.40. The molecule has 3 heteroatoms. The van der Waals surface area contributed by atoms with Crippen LogP contribution in [0.5, 0.6) is 5.75 Å². The SMILES string of the molecule is CCOc1cc(CN2CCCC(C)C2)ccc1CN. The Labute approximate surface area is 116 Å². The van der Waals surface area contributed by atoms with Crippen LogP contribution in [0.25, 0.3) is 0 Å². The zero-order chi connectivity index (χ0) is 13.7. The van der Waals surface area contributed by atoms with Crippen LogP contribution in [-0.4, -0.2) is 24.6 Å². The summed E-state index contributed by atoms with van der Waals surface area (Å²) in [7, 11) is 0. The predicted molar refractivity (Wildman–Crippen MR) is 79.2 cm³/mol. The van der Waals surface area contributed by atoms with Gasteiger partial charge in [-0.25, -0.2) is 0 Å². The van der Waals surface area contributed by atoms with Crippen LogP contribution in [0, 0.1) is 5.92 Å². The first kappa shape index (κ1) is 14.4. The Morgan fingerprint density at radius 2 is 2.26 bits per heavy atom. The molecule has 0 aliphatic carbocycles. The van der Waals surface area contributed by atoms with E-state index in [1.165, 1.54) is 31.5 Å². The van der Waals surface area contributed by atoms with Crippen LogP contribution >= 0.6 is 0 Å². The lowest BCUT2D eigenvalue weighted by molar-refractivity contribution is 0.176. The fourth-order valence-corrected chi connectivity index (χ4v) is 2.84. The van der Waals surface area contributed by atoms with Crippen molar-refractivity contribution in [3.63, 3.8) is 0 Å². The molecular formula is C16H26N2O. The summed E-state index contributed by atoms with van der Waals surface area (Å²) in [5.74, 6) is 1.77. The van der Waals surface area contributed by atoms with Gasteiger partial charge in [-0.2, -0.15) is 0 Å². The molecule has 19 heavy (non-hydrogen) atoms. The van der Waals surface area contributed by atoms with Gasteiger partial charge in [0.25, 0.3) is 0 Å². The first-order valence-electron chi connectivity index (χ1n) is 7.40. The molecule has 106 valence electrons. The second kappa shape index (κ2) is 6.92. The molecule has 1 aromatic rings. The Hall–Kier alpha value is -1.06. The zero-order valence-electron chi connectivity index (χ0n) is 12.2. The van der Waals surface area contributed by atoms with Crippen molar-refractivity contribution in [2.24, 2.45) is 11.7 Å². The van der Waals surface area contributed by atoms with Gasteiger partial charge in [0.1, 0.15) is 5.75 Å². The van der Waals surface area contributed by atoms with E-state index in [1.54, 1.807) is 0 Å². The average Bonchev–Trinajstić information content (AvgIpc) is 2.39. The van der Waals surface area contributed by atoms with Gasteiger partial charge in [-0.15, -0.1) is 0 Å². The maximum atomic E-state index is 5.74. The van der Waals surface area contributed by atoms with Gasteiger partial charge in [-0.3, -0.25) is 4.90 Å². The molecule has 1 aromatic carbocycles. The molecule has 1 heterocycles. The van der Waals surface area contributed by atoms with Crippen molar-refractivity contribution in [2.45, 2.75) is 39.8 Å². The highest BCUT2D eigenvalue weighted by atomic mass is 16.5. The number of hydrogen-bond donors (Lipinski definition) is 1. The highest BCUT2D eigenvalue weighted by molar-refractivity contribution is 5.37. The normalized spacial score (nSPS) is 20.5. The maximum Gasteiger partial charge on any atom is 0.124 e. The highest BCUT2D eigenvalue weighted by Gasteiger charge is 2.16. The molecule has 0 saturated carbocycles. The summed E-state index contributed by atoms with van der Waals surface area (Å²) in [6, 6.07) is 6.45. The molecule has 0 bridgehead atoms. The van der Waals surface area contributed by atoms with Crippen LogP contribution in [-0.2, 0) is 13.1 Å². The van der Waals surface area contributed by atoms with Gasteiger partial charge in [-0.05, 0) is 43.9 Å². The van der Waals surface area contributed by atoms with E-state index in [1.807, 2.05) is 6.92 Å². The molecule has 1 aliphatic rings. The number of likely N-dealkylation sites (tertiary alicyclic amines) is 1. The van der Waals surface area contributed by atoms with Crippen molar-refractivity contribution in [3.8, 4) is 5.75 Å². The summed E-state index contributed by atoms with van der Waals surface area (Å²) < 4.78 is 5.68. The summed E-state index contributed by atoms with van der Waals surface area (Å²) in [6.45, 7) is 9.03. The van der Waals surface area contributed by atoms with Crippen molar-refractivity contribution < 1.29 is 4.74 Å². The molecular weight excluding hydrogens is 236 g/mol. The van der Waals surface area contributed by atoms with E-state index in [-0.39, 0.29) is 0 Å². The van der Waals surface area contributed by atoms with Gasteiger partial charge in [0.05, 0.1) is 6.61 Å². The fourth-order valence-electron chi connectivity index (χ4n) is 2.84. The van der Waals surface area contributed by atoms with Crippen LogP contribution in [0.15, 0.2) is 18.2 Å². The van der Waals surface area contributed by atoms with E-state index in [2.05, 4.69) is 30.0 Å². The third kappa shape index (κ3) is 3.95. The molecule has 1 aliphatic heterocycles. The van der Waals surface area contributed by atoms with E-state index in [4.69, 9.17) is 10.5 Å². The molecule has 1 unspecified atom stereocenters. The topological polar surface area (TPSA) is 38.5 Å². The van der Waals surface area contributed by atoms with Gasteiger partial charge in [0, 0.05) is 25.2 Å². The van der Waals surface area contributed by atoms with Gasteiger partial charge in [0.15, 0.2) is 0 Å². The summed E-state index contributed by atoms with van der Waals surface area (Å²) in [5.41, 5.74) is 8.17. The van der Waals surface area contributed by atoms with Gasteiger partial charge < -0.3 is 10.5 Å². The number of rotatable bonds is 5. The number of benzene rings is 1. The molecule has 0 spiro atoms. The second-order valence-corrected chi connectivity index (χ2v) is 5.56. The van der Waals surface area contributed by atoms with Crippen LogP contribution in [0.3, 0.4) is 0 Å². The Kier molecular flexibility index (Phi) is 5.23. The van der Waals surface area contributed by atoms with E-state index < -0.39 is 0 Å². The second-order valence-electron chi connectivity index (χ2n) is 5.56. The quantitative estimate of drug-likeness (QED) is 0.887. The lowest BCUT2D eigenvalue weighted by atomic mass is 9.99. The molecule has 1 fully saturated rings. The van der Waals surface area contributed by atoms with E-state index in [0.29, 0.717) is 13.2 Å². The summed E-state index contributed by atoms with van der Waals surface area (Å²) >= 11 is 0. The number of nitrogens with two attached hydrogens (primary N) is 1. The Balaban J connectivity index is 2.05. The molecule has 0 radical (unpaired) electrons. The number of nitrogens with zero attached hydrogens (tertiary/aromatic N) is 1. The third-order valence-electron chi connectivity index (χ3n) is 3.80. The molecule has 2 rings (SSSR count). The standard InChI is InChI=1S/C16H26N2O/c1-3-19-16-9-14(6-7-15(16)10-17)12-18-8-4-5-13(2)11-18/h6-7,9,13H,3-5,8,10-12,17H2,1-2H3. The van der Waals surface area contributed by atoms with Crippen molar-refractivity contribution >= 4 is 0 Å². The van der Waals surface area contributed by atoms with E-state index >= 15 is 0 Å². The van der Waals surface area contributed by atoms with Crippen molar-refractivity contribution in [2.75, 3.05) is 19.7 Å². The minimum absolute atomic E-state index is 0.538. The van der Waals surface area contributed by atoms with Crippen LogP contribution in [0.4, 0.5) is 0 Å². The van der Waals surface area contributed by atoms with Crippen LogP contribution < -0.4 is 10.5 Å². The molecule has 1 atom stereocenters. The van der Waals surface area contributed by atoms with E-state index in [0.717, 1.165) is 23.8 Å². The predicted octanol–water partition coefficient (Wildman–Crippen LogP) is 2.78.